The number of hydrogen-bond acceptors (Lipinski definition) is 6. The first-order valence-corrected chi connectivity index (χ1v) is 10.2. The molecule has 0 saturated carbocycles. The van der Waals surface area contributed by atoms with E-state index in [1.54, 1.807) is 27.5 Å². The lowest BCUT2D eigenvalue weighted by molar-refractivity contribution is 0.325. The van der Waals surface area contributed by atoms with Gasteiger partial charge in [-0.25, -0.2) is 0 Å². The molecule has 2 aromatic carbocycles. The largest absolute Gasteiger partial charge is 0.493 e. The second-order valence-corrected chi connectivity index (χ2v) is 7.37. The van der Waals surface area contributed by atoms with Gasteiger partial charge in [0.2, 0.25) is 5.75 Å². The van der Waals surface area contributed by atoms with Crippen molar-refractivity contribution in [2.45, 2.75) is 6.92 Å². The Morgan fingerprint density at radius 2 is 1.75 bits per heavy atom. The Bertz CT molecular complexity index is 1430. The third kappa shape index (κ3) is 3.10. The van der Waals surface area contributed by atoms with Crippen LogP contribution in [0.2, 0.25) is 0 Å². The van der Waals surface area contributed by atoms with Crippen molar-refractivity contribution in [1.82, 2.24) is 9.97 Å². The van der Waals surface area contributed by atoms with Gasteiger partial charge in [0.15, 0.2) is 17.1 Å². The maximum absolute atomic E-state index is 6.28. The van der Waals surface area contributed by atoms with Gasteiger partial charge >= 0.3 is 0 Å². The van der Waals surface area contributed by atoms with Crippen LogP contribution in [-0.4, -0.2) is 31.3 Å². The van der Waals surface area contributed by atoms with E-state index >= 15 is 0 Å². The van der Waals surface area contributed by atoms with E-state index in [4.69, 9.17) is 18.6 Å². The number of rotatable bonds is 6. The summed E-state index contributed by atoms with van der Waals surface area (Å²) in [5.74, 6) is 2.25. The number of fused-ring (bicyclic) bond motifs is 2. The highest BCUT2D eigenvalue weighted by molar-refractivity contribution is 5.94. The normalized spacial score (nSPS) is 11.1. The molecule has 5 rings (SSSR count). The molecule has 0 saturated heterocycles. The SMILES string of the molecule is COc1ccc(-c2cc3nccc(Nc4ccc5[nH]ccc5c4C)c3o2)c(OC)c1OC. The Morgan fingerprint density at radius 3 is 2.53 bits per heavy atom. The van der Waals surface area contributed by atoms with E-state index in [-0.39, 0.29) is 0 Å². The number of aromatic amines is 1. The molecule has 0 fully saturated rings. The van der Waals surface area contributed by atoms with Crippen LogP contribution in [0.4, 0.5) is 11.4 Å². The third-order valence-corrected chi connectivity index (χ3v) is 5.65. The Morgan fingerprint density at radius 1 is 0.906 bits per heavy atom. The minimum atomic E-state index is 0.509. The highest BCUT2D eigenvalue weighted by atomic mass is 16.5. The van der Waals surface area contributed by atoms with Gasteiger partial charge in [0.1, 0.15) is 11.3 Å². The van der Waals surface area contributed by atoms with Crippen molar-refractivity contribution in [2.75, 3.05) is 26.6 Å². The summed E-state index contributed by atoms with van der Waals surface area (Å²) in [7, 11) is 4.76. The van der Waals surface area contributed by atoms with Gasteiger partial charge in [-0.05, 0) is 48.9 Å². The molecule has 7 heteroatoms. The molecular weight excluding hydrogens is 406 g/mol. The average Bonchev–Trinajstić information content (AvgIpc) is 3.47. The Labute approximate surface area is 184 Å². The summed E-state index contributed by atoms with van der Waals surface area (Å²) in [6.45, 7) is 2.10. The van der Waals surface area contributed by atoms with Crippen LogP contribution in [-0.2, 0) is 0 Å². The predicted octanol–water partition coefficient (Wildman–Crippen LogP) is 6.05. The maximum Gasteiger partial charge on any atom is 0.204 e. The number of pyridine rings is 1. The lowest BCUT2D eigenvalue weighted by Gasteiger charge is -2.14. The minimum Gasteiger partial charge on any atom is -0.493 e. The number of H-pyrrole nitrogens is 1. The third-order valence-electron chi connectivity index (χ3n) is 5.65. The first-order valence-electron chi connectivity index (χ1n) is 10.2. The monoisotopic (exact) mass is 429 g/mol. The van der Waals surface area contributed by atoms with Gasteiger partial charge < -0.3 is 28.9 Å². The van der Waals surface area contributed by atoms with Gasteiger partial charge in [0.05, 0.1) is 32.6 Å². The fraction of sp³-hybridized carbons (Fsp3) is 0.160. The molecule has 0 amide bonds. The number of nitrogens with one attached hydrogen (secondary N) is 2. The molecule has 0 aliphatic carbocycles. The molecule has 0 spiro atoms. The highest BCUT2D eigenvalue weighted by Gasteiger charge is 2.21. The number of hydrogen-bond donors (Lipinski definition) is 2. The van der Waals surface area contributed by atoms with E-state index in [1.807, 2.05) is 30.5 Å². The van der Waals surface area contributed by atoms with E-state index in [0.29, 0.717) is 28.6 Å². The topological polar surface area (TPSA) is 81.5 Å². The Balaban J connectivity index is 1.60. The molecule has 5 aromatic rings. The van der Waals surface area contributed by atoms with Crippen LogP contribution < -0.4 is 19.5 Å². The zero-order chi connectivity index (χ0) is 22.2. The van der Waals surface area contributed by atoms with Crippen molar-refractivity contribution < 1.29 is 18.6 Å². The van der Waals surface area contributed by atoms with E-state index in [1.165, 1.54) is 5.39 Å². The summed E-state index contributed by atoms with van der Waals surface area (Å²) in [5.41, 5.74) is 6.25. The smallest absolute Gasteiger partial charge is 0.204 e. The average molecular weight is 429 g/mol. The molecule has 0 atom stereocenters. The minimum absolute atomic E-state index is 0.509. The van der Waals surface area contributed by atoms with Crippen LogP contribution in [0.5, 0.6) is 17.2 Å². The molecule has 3 heterocycles. The predicted molar refractivity (Wildman–Crippen MR) is 125 cm³/mol. The molecular formula is C25H23N3O4. The number of aromatic nitrogens is 2. The van der Waals surface area contributed by atoms with Crippen LogP contribution in [0.25, 0.3) is 33.3 Å². The van der Waals surface area contributed by atoms with Crippen molar-refractivity contribution in [1.29, 1.82) is 0 Å². The van der Waals surface area contributed by atoms with Gasteiger partial charge in [-0.15, -0.1) is 0 Å². The Kier molecular flexibility index (Phi) is 4.86. The summed E-state index contributed by atoms with van der Waals surface area (Å²) in [6.07, 6.45) is 3.71. The number of ether oxygens (including phenoxy) is 3. The van der Waals surface area contributed by atoms with E-state index < -0.39 is 0 Å². The number of furan rings is 1. The van der Waals surface area contributed by atoms with Crippen molar-refractivity contribution in [3.05, 3.63) is 60.4 Å². The van der Waals surface area contributed by atoms with E-state index in [0.717, 1.165) is 33.5 Å². The van der Waals surface area contributed by atoms with Crippen molar-refractivity contribution in [3.8, 4) is 28.6 Å². The summed E-state index contributed by atoms with van der Waals surface area (Å²) in [4.78, 5) is 7.73. The number of aryl methyl sites for hydroxylation is 1. The summed E-state index contributed by atoms with van der Waals surface area (Å²) >= 11 is 0. The molecule has 0 bridgehead atoms. The molecule has 3 aromatic heterocycles. The fourth-order valence-electron chi connectivity index (χ4n) is 4.03. The summed E-state index contributed by atoms with van der Waals surface area (Å²) < 4.78 is 22.8. The molecule has 0 aliphatic rings. The molecule has 162 valence electrons. The molecule has 0 radical (unpaired) electrons. The van der Waals surface area contributed by atoms with Crippen LogP contribution >= 0.6 is 0 Å². The van der Waals surface area contributed by atoms with Crippen LogP contribution in [0.1, 0.15) is 5.56 Å². The van der Waals surface area contributed by atoms with E-state index in [2.05, 4.69) is 40.4 Å². The molecule has 2 N–H and O–H groups in total. The van der Waals surface area contributed by atoms with Crippen LogP contribution in [0, 0.1) is 6.92 Å². The second-order valence-electron chi connectivity index (χ2n) is 7.37. The summed E-state index contributed by atoms with van der Waals surface area (Å²) in [6, 6.07) is 13.7. The number of nitrogens with zero attached hydrogens (tertiary/aromatic N) is 1. The Hall–Kier alpha value is -4.13. The zero-order valence-electron chi connectivity index (χ0n) is 18.3. The standard InChI is InChI=1S/C25H23N3O4/c1-14-15-9-11-26-18(15)7-6-17(14)28-19-10-12-27-20-13-22(32-24(19)20)16-5-8-21(29-2)25(31-4)23(16)30-3/h5-13,26H,1-4H3,(H,27,28). The van der Waals surface area contributed by atoms with Crippen molar-refractivity contribution in [2.24, 2.45) is 0 Å². The quantitative estimate of drug-likeness (QED) is 0.342. The van der Waals surface area contributed by atoms with Crippen molar-refractivity contribution in [3.63, 3.8) is 0 Å². The second kappa shape index (κ2) is 7.85. The van der Waals surface area contributed by atoms with Gasteiger partial charge in [-0.1, -0.05) is 0 Å². The lowest BCUT2D eigenvalue weighted by Crippen LogP contribution is -1.96. The molecule has 7 nitrogen and oxygen atoms in total. The summed E-state index contributed by atoms with van der Waals surface area (Å²) in [5, 5.41) is 4.68. The van der Waals surface area contributed by atoms with Gasteiger partial charge in [-0.2, -0.15) is 0 Å². The molecule has 0 unspecified atom stereocenters. The van der Waals surface area contributed by atoms with Crippen LogP contribution in [0.15, 0.2) is 59.3 Å². The zero-order valence-corrected chi connectivity index (χ0v) is 18.3. The van der Waals surface area contributed by atoms with Gasteiger partial charge in [0, 0.05) is 35.1 Å². The highest BCUT2D eigenvalue weighted by Crippen LogP contribution is 2.45. The number of methoxy groups -OCH3 is 3. The molecule has 0 aliphatic heterocycles. The van der Waals surface area contributed by atoms with Crippen LogP contribution in [0.3, 0.4) is 0 Å². The van der Waals surface area contributed by atoms with Gasteiger partial charge in [0.25, 0.3) is 0 Å². The van der Waals surface area contributed by atoms with Crippen molar-refractivity contribution >= 4 is 33.4 Å². The lowest BCUT2D eigenvalue weighted by atomic mass is 10.1. The van der Waals surface area contributed by atoms with E-state index in [9.17, 15) is 0 Å². The first-order chi connectivity index (χ1) is 15.6. The fourth-order valence-corrected chi connectivity index (χ4v) is 4.03. The number of anilines is 2. The first kappa shape index (κ1) is 19.8. The maximum atomic E-state index is 6.28. The number of benzene rings is 2. The molecule has 32 heavy (non-hydrogen) atoms. The van der Waals surface area contributed by atoms with Gasteiger partial charge in [-0.3, -0.25) is 4.98 Å².